The number of esters is 1. The number of fused-ring (bicyclic) bond motifs is 1. The van der Waals surface area contributed by atoms with E-state index in [9.17, 15) is 14.4 Å². The summed E-state index contributed by atoms with van der Waals surface area (Å²) in [5, 5.41) is 4.60. The molecule has 0 unspecified atom stereocenters. The molecule has 4 rings (SSSR count). The van der Waals surface area contributed by atoms with Crippen molar-refractivity contribution in [2.75, 3.05) is 5.32 Å². The summed E-state index contributed by atoms with van der Waals surface area (Å²) in [6.45, 7) is 1.70. The Morgan fingerprint density at radius 3 is 2.71 bits per heavy atom. The van der Waals surface area contributed by atoms with Crippen molar-refractivity contribution in [1.29, 1.82) is 0 Å². The van der Waals surface area contributed by atoms with Crippen molar-refractivity contribution >= 4 is 49.8 Å². The number of anilines is 1. The highest BCUT2D eigenvalue weighted by Gasteiger charge is 2.13. The van der Waals surface area contributed by atoms with Crippen molar-refractivity contribution < 1.29 is 14.3 Å². The molecule has 2 aromatic carbocycles. The zero-order chi connectivity index (χ0) is 22.0. The van der Waals surface area contributed by atoms with Gasteiger partial charge in [-0.15, -0.1) is 11.3 Å². The van der Waals surface area contributed by atoms with E-state index in [1.807, 2.05) is 18.4 Å². The van der Waals surface area contributed by atoms with Gasteiger partial charge >= 0.3 is 5.97 Å². The number of amides is 1. The number of benzene rings is 2. The Balaban J connectivity index is 1.45. The van der Waals surface area contributed by atoms with Gasteiger partial charge in [0.2, 0.25) is 0 Å². The molecule has 9 heteroatoms. The van der Waals surface area contributed by atoms with Gasteiger partial charge in [0.15, 0.2) is 4.96 Å². The molecule has 0 saturated carbocycles. The van der Waals surface area contributed by atoms with Crippen molar-refractivity contribution in [1.82, 2.24) is 9.38 Å². The predicted octanol–water partition coefficient (Wildman–Crippen LogP) is 4.44. The first-order valence-corrected chi connectivity index (χ1v) is 10.9. The topological polar surface area (TPSA) is 89.8 Å². The number of rotatable bonds is 5. The van der Waals surface area contributed by atoms with E-state index in [1.54, 1.807) is 36.4 Å². The van der Waals surface area contributed by atoms with Gasteiger partial charge in [0, 0.05) is 32.9 Å². The summed E-state index contributed by atoms with van der Waals surface area (Å²) < 4.78 is 7.62. The zero-order valence-electron chi connectivity index (χ0n) is 16.3. The lowest BCUT2D eigenvalue weighted by molar-refractivity contribution is 0.0467. The largest absolute Gasteiger partial charge is 0.456 e. The summed E-state index contributed by atoms with van der Waals surface area (Å²) in [7, 11) is 0. The molecular formula is C22H16BrN3O4S. The Hall–Kier alpha value is -3.30. The highest BCUT2D eigenvalue weighted by atomic mass is 79.9. The monoisotopic (exact) mass is 497 g/mol. The summed E-state index contributed by atoms with van der Waals surface area (Å²) in [6.07, 6.45) is 0. The van der Waals surface area contributed by atoms with Gasteiger partial charge in [0.25, 0.3) is 11.5 Å². The normalized spacial score (nSPS) is 10.8. The molecule has 0 radical (unpaired) electrons. The van der Waals surface area contributed by atoms with E-state index >= 15 is 0 Å². The summed E-state index contributed by atoms with van der Waals surface area (Å²) in [5.41, 5.74) is 2.19. The third kappa shape index (κ3) is 4.73. The molecule has 0 aliphatic rings. The van der Waals surface area contributed by atoms with Crippen molar-refractivity contribution in [3.05, 3.63) is 97.3 Å². The number of hydrogen-bond donors (Lipinski definition) is 1. The molecule has 1 amide bonds. The fourth-order valence-corrected chi connectivity index (χ4v) is 4.24. The number of carbonyl (C=O) groups is 2. The first kappa shape index (κ1) is 21.0. The number of aromatic nitrogens is 2. The fourth-order valence-electron chi connectivity index (χ4n) is 2.95. The van der Waals surface area contributed by atoms with Crippen LogP contribution in [-0.4, -0.2) is 21.3 Å². The number of nitrogens with one attached hydrogen (secondary N) is 1. The summed E-state index contributed by atoms with van der Waals surface area (Å²) in [5.74, 6) is -0.876. The minimum absolute atomic E-state index is 0.129. The van der Waals surface area contributed by atoms with E-state index in [0.717, 1.165) is 10.2 Å². The summed E-state index contributed by atoms with van der Waals surface area (Å²) in [4.78, 5) is 42.0. The lowest BCUT2D eigenvalue weighted by Crippen LogP contribution is -2.16. The second kappa shape index (κ2) is 8.83. The van der Waals surface area contributed by atoms with Crippen LogP contribution in [0.15, 0.2) is 69.2 Å². The van der Waals surface area contributed by atoms with Gasteiger partial charge in [-0.2, -0.15) is 0 Å². The summed E-state index contributed by atoms with van der Waals surface area (Å²) >= 11 is 4.68. The molecule has 0 spiro atoms. The van der Waals surface area contributed by atoms with Gasteiger partial charge in [-0.25, -0.2) is 9.78 Å². The maximum Gasteiger partial charge on any atom is 0.338 e. The third-order valence-corrected chi connectivity index (χ3v) is 5.86. The van der Waals surface area contributed by atoms with Crippen LogP contribution in [0, 0.1) is 6.92 Å². The van der Waals surface area contributed by atoms with Crippen LogP contribution in [0.5, 0.6) is 0 Å². The van der Waals surface area contributed by atoms with E-state index in [0.29, 0.717) is 21.9 Å². The Labute approximate surface area is 189 Å². The van der Waals surface area contributed by atoms with E-state index in [-0.39, 0.29) is 23.6 Å². The lowest BCUT2D eigenvalue weighted by atomic mass is 10.1. The molecule has 0 aliphatic heterocycles. The average Bonchev–Trinajstić information content (AvgIpc) is 3.13. The molecule has 2 aromatic heterocycles. The Morgan fingerprint density at radius 1 is 1.13 bits per heavy atom. The van der Waals surface area contributed by atoms with Crippen LogP contribution in [0.25, 0.3) is 4.96 Å². The van der Waals surface area contributed by atoms with Crippen molar-refractivity contribution in [3.63, 3.8) is 0 Å². The number of hydrogen-bond acceptors (Lipinski definition) is 6. The second-order valence-corrected chi connectivity index (χ2v) is 8.45. The average molecular weight is 498 g/mol. The Kier molecular flexibility index (Phi) is 5.97. The molecule has 0 aliphatic carbocycles. The van der Waals surface area contributed by atoms with Crippen molar-refractivity contribution in [2.24, 2.45) is 0 Å². The quantitative estimate of drug-likeness (QED) is 0.411. The van der Waals surface area contributed by atoms with Crippen LogP contribution < -0.4 is 10.9 Å². The molecule has 0 bridgehead atoms. The molecule has 0 saturated heterocycles. The van der Waals surface area contributed by atoms with E-state index in [2.05, 4.69) is 26.2 Å². The number of halogens is 1. The van der Waals surface area contributed by atoms with E-state index < -0.39 is 5.97 Å². The Bertz CT molecular complexity index is 1360. The summed E-state index contributed by atoms with van der Waals surface area (Å²) in [6, 6.07) is 14.8. The molecule has 0 atom stereocenters. The minimum Gasteiger partial charge on any atom is -0.456 e. The van der Waals surface area contributed by atoms with Crippen LogP contribution in [-0.2, 0) is 11.3 Å². The molecule has 7 nitrogen and oxygen atoms in total. The molecule has 4 aromatic rings. The molecule has 31 heavy (non-hydrogen) atoms. The molecule has 0 fully saturated rings. The first-order chi connectivity index (χ1) is 14.9. The molecule has 2 heterocycles. The van der Waals surface area contributed by atoms with Gasteiger partial charge < -0.3 is 10.1 Å². The smallest absolute Gasteiger partial charge is 0.338 e. The van der Waals surface area contributed by atoms with E-state index in [1.165, 1.54) is 27.9 Å². The highest BCUT2D eigenvalue weighted by molar-refractivity contribution is 9.10. The van der Waals surface area contributed by atoms with Gasteiger partial charge in [0.1, 0.15) is 6.61 Å². The maximum absolute atomic E-state index is 12.5. The van der Waals surface area contributed by atoms with Crippen LogP contribution in [0.4, 0.5) is 5.69 Å². The lowest BCUT2D eigenvalue weighted by Gasteiger charge is -2.08. The standard InChI is InChI=1S/C22H16BrN3O4S/c1-13-12-31-22-25-18(10-19(27)26(13)22)11-30-21(29)15-5-3-7-17(9-15)24-20(28)14-4-2-6-16(23)8-14/h2-10,12H,11H2,1H3,(H,24,28). The van der Waals surface area contributed by atoms with Gasteiger partial charge in [-0.3, -0.25) is 14.0 Å². The fraction of sp³-hybridized carbons (Fsp3) is 0.0909. The van der Waals surface area contributed by atoms with Gasteiger partial charge in [-0.05, 0) is 43.3 Å². The van der Waals surface area contributed by atoms with Crippen LogP contribution in [0.3, 0.4) is 0 Å². The number of ether oxygens (including phenoxy) is 1. The number of aryl methyl sites for hydroxylation is 1. The highest BCUT2D eigenvalue weighted by Crippen LogP contribution is 2.17. The third-order valence-electron chi connectivity index (χ3n) is 4.42. The second-order valence-electron chi connectivity index (χ2n) is 6.70. The van der Waals surface area contributed by atoms with E-state index in [4.69, 9.17) is 4.74 Å². The first-order valence-electron chi connectivity index (χ1n) is 9.21. The molecule has 156 valence electrons. The van der Waals surface area contributed by atoms with Crippen molar-refractivity contribution in [3.8, 4) is 0 Å². The van der Waals surface area contributed by atoms with Gasteiger partial charge in [-0.1, -0.05) is 28.1 Å². The van der Waals surface area contributed by atoms with Crippen molar-refractivity contribution in [2.45, 2.75) is 13.5 Å². The number of carbonyl (C=O) groups excluding carboxylic acids is 2. The van der Waals surface area contributed by atoms with Crippen LogP contribution in [0.2, 0.25) is 0 Å². The zero-order valence-corrected chi connectivity index (χ0v) is 18.7. The van der Waals surface area contributed by atoms with Crippen LogP contribution in [0.1, 0.15) is 32.1 Å². The predicted molar refractivity (Wildman–Crippen MR) is 122 cm³/mol. The SMILES string of the molecule is Cc1csc2nc(COC(=O)c3cccc(NC(=O)c4cccc(Br)c4)c3)cc(=O)n12. The molecule has 1 N–H and O–H groups in total. The molecular weight excluding hydrogens is 482 g/mol. The van der Waals surface area contributed by atoms with Gasteiger partial charge in [0.05, 0.1) is 11.3 Å². The van der Waals surface area contributed by atoms with Crippen LogP contribution >= 0.6 is 27.3 Å². The maximum atomic E-state index is 12.5. The number of thiazole rings is 1. The number of nitrogens with zero attached hydrogens (tertiary/aromatic N) is 2. The Morgan fingerprint density at radius 2 is 1.90 bits per heavy atom. The minimum atomic E-state index is -0.581.